The maximum Gasteiger partial charge on any atom is 0.420 e. The minimum Gasteiger partial charge on any atom is -0.477 e. The van der Waals surface area contributed by atoms with E-state index in [-0.39, 0.29) is 29.1 Å². The zero-order valence-corrected chi connectivity index (χ0v) is 22.8. The van der Waals surface area contributed by atoms with Crippen LogP contribution in [0.1, 0.15) is 27.8 Å². The Labute approximate surface area is 248 Å². The quantitative estimate of drug-likeness (QED) is 0.155. The van der Waals surface area contributed by atoms with Gasteiger partial charge in [-0.3, -0.25) is 0 Å². The largest absolute Gasteiger partial charge is 0.477 e. The first-order valence-corrected chi connectivity index (χ1v) is 13.4. The number of anilines is 2. The van der Waals surface area contributed by atoms with Gasteiger partial charge in [-0.25, -0.2) is 0 Å². The fourth-order valence-electron chi connectivity index (χ4n) is 5.52. The van der Waals surface area contributed by atoms with Crippen LogP contribution < -0.4 is 20.9 Å². The number of fused-ring (bicyclic) bond motifs is 2. The highest BCUT2D eigenvalue weighted by molar-refractivity contribution is 5.90. The van der Waals surface area contributed by atoms with E-state index in [4.69, 9.17) is 20.9 Å². The first kappa shape index (κ1) is 29.0. The Balaban J connectivity index is 1.63. The van der Waals surface area contributed by atoms with Gasteiger partial charge in [0.2, 0.25) is 0 Å². The second kappa shape index (κ2) is 10.6. The van der Waals surface area contributed by atoms with Crippen LogP contribution in [0.4, 0.5) is 37.7 Å². The fraction of sp³-hybridized carbons (Fsp3) is 0.118. The zero-order chi connectivity index (χ0) is 31.3. The van der Waals surface area contributed by atoms with Crippen LogP contribution in [0.5, 0.6) is 17.2 Å². The van der Waals surface area contributed by atoms with Gasteiger partial charge in [-0.15, -0.1) is 0 Å². The number of halogens is 6. The van der Waals surface area contributed by atoms with Gasteiger partial charge in [0.25, 0.3) is 0 Å². The first-order valence-electron chi connectivity index (χ1n) is 13.4. The van der Waals surface area contributed by atoms with Crippen molar-refractivity contribution < 1.29 is 35.8 Å². The third-order valence-electron chi connectivity index (χ3n) is 7.48. The molecular weight excluding hydrogens is 582 g/mol. The van der Waals surface area contributed by atoms with Crippen molar-refractivity contribution in [2.45, 2.75) is 24.4 Å². The molecule has 0 saturated heterocycles. The summed E-state index contributed by atoms with van der Waals surface area (Å²) >= 11 is 0. The molecule has 0 aliphatic heterocycles. The van der Waals surface area contributed by atoms with E-state index in [9.17, 15) is 26.3 Å². The summed E-state index contributed by atoms with van der Waals surface area (Å²) in [5, 5.41) is 1.19. The molecule has 0 spiro atoms. The van der Waals surface area contributed by atoms with Crippen LogP contribution in [0.25, 0.3) is 16.8 Å². The summed E-state index contributed by atoms with van der Waals surface area (Å²) in [5.41, 5.74) is 9.12. The normalized spacial score (nSPS) is 16.5. The van der Waals surface area contributed by atoms with Gasteiger partial charge in [0.1, 0.15) is 22.8 Å². The van der Waals surface area contributed by atoms with Gasteiger partial charge in [-0.1, -0.05) is 60.7 Å². The molecule has 0 bridgehead atoms. The Hall–Kier alpha value is -5.12. The topological polar surface area (TPSA) is 70.5 Å². The van der Waals surface area contributed by atoms with Gasteiger partial charge < -0.3 is 20.9 Å². The van der Waals surface area contributed by atoms with Crippen molar-refractivity contribution in [2.75, 3.05) is 11.5 Å². The second-order valence-electron chi connectivity index (χ2n) is 10.5. The van der Waals surface area contributed by atoms with E-state index in [1.54, 1.807) is 48.6 Å². The lowest BCUT2D eigenvalue weighted by Gasteiger charge is -2.38. The maximum absolute atomic E-state index is 14.3. The minimum absolute atomic E-state index is 0.0352. The summed E-state index contributed by atoms with van der Waals surface area (Å²) in [6.45, 7) is 0. The standard InChI is InChI=1S/C34H24F6N2O2/c35-33(36,37)26-17-23(41)10-13-28(26)43-30-12-9-21-6-3-4-8-25(21)31(30)32(16-15-20-5-1-2-7-22(20)19-32)44-29-14-11-24(42)18-27(29)34(38,39)40/h1-18H,19,41-42H2. The lowest BCUT2D eigenvalue weighted by Crippen LogP contribution is -2.36. The monoisotopic (exact) mass is 606 g/mol. The molecule has 1 unspecified atom stereocenters. The Kier molecular flexibility index (Phi) is 6.95. The Bertz CT molecular complexity index is 1920. The summed E-state index contributed by atoms with van der Waals surface area (Å²) in [6.07, 6.45) is -6.23. The molecule has 0 heterocycles. The van der Waals surface area contributed by atoms with Gasteiger partial charge in [0.05, 0.1) is 11.1 Å². The highest BCUT2D eigenvalue weighted by Crippen LogP contribution is 2.49. The number of nitrogens with two attached hydrogens (primary N) is 2. The molecule has 5 aromatic rings. The summed E-state index contributed by atoms with van der Waals surface area (Å²) in [7, 11) is 0. The molecule has 1 aliphatic carbocycles. The van der Waals surface area contributed by atoms with Crippen LogP contribution in [0.2, 0.25) is 0 Å². The van der Waals surface area contributed by atoms with Crippen molar-refractivity contribution in [1.29, 1.82) is 0 Å². The molecule has 224 valence electrons. The van der Waals surface area contributed by atoms with Gasteiger partial charge in [0.15, 0.2) is 5.60 Å². The third-order valence-corrected chi connectivity index (χ3v) is 7.48. The van der Waals surface area contributed by atoms with Crippen molar-refractivity contribution in [3.05, 3.63) is 131 Å². The molecule has 0 amide bonds. The van der Waals surface area contributed by atoms with Gasteiger partial charge in [-0.2, -0.15) is 26.3 Å². The number of alkyl halides is 6. The summed E-state index contributed by atoms with van der Waals surface area (Å²) in [4.78, 5) is 0. The van der Waals surface area contributed by atoms with Crippen LogP contribution in [0, 0.1) is 0 Å². The minimum atomic E-state index is -4.81. The molecule has 4 N–H and O–H groups in total. The zero-order valence-electron chi connectivity index (χ0n) is 22.8. The Morgan fingerprint density at radius 1 is 0.636 bits per heavy atom. The van der Waals surface area contributed by atoms with Crippen LogP contribution in [-0.2, 0) is 24.4 Å². The van der Waals surface area contributed by atoms with E-state index in [2.05, 4.69) is 0 Å². The van der Waals surface area contributed by atoms with E-state index in [0.29, 0.717) is 10.8 Å². The lowest BCUT2D eigenvalue weighted by atomic mass is 9.78. The van der Waals surface area contributed by atoms with Crippen LogP contribution in [0.15, 0.2) is 103 Å². The number of hydrogen-bond acceptors (Lipinski definition) is 4. The highest BCUT2D eigenvalue weighted by Gasteiger charge is 2.43. The molecule has 0 radical (unpaired) electrons. The van der Waals surface area contributed by atoms with Crippen LogP contribution in [0.3, 0.4) is 0 Å². The van der Waals surface area contributed by atoms with E-state index >= 15 is 0 Å². The molecule has 0 saturated carbocycles. The van der Waals surface area contributed by atoms with Gasteiger partial charge in [-0.05, 0) is 70.4 Å². The SMILES string of the molecule is Nc1ccc(Oc2ccc3ccccc3c2C2(Oc3ccc(N)cc3C(F)(F)F)C=Cc3ccccc3C2)c(C(F)(F)F)c1. The molecule has 1 atom stereocenters. The lowest BCUT2D eigenvalue weighted by molar-refractivity contribution is -0.140. The number of nitrogen functional groups attached to an aromatic ring is 2. The number of rotatable bonds is 5. The molecule has 4 nitrogen and oxygen atoms in total. The van der Waals surface area contributed by atoms with Gasteiger partial charge in [0, 0.05) is 17.8 Å². The average molecular weight is 607 g/mol. The molecule has 44 heavy (non-hydrogen) atoms. The maximum atomic E-state index is 14.3. The van der Waals surface area contributed by atoms with Crippen LogP contribution in [-0.4, -0.2) is 0 Å². The average Bonchev–Trinajstić information content (AvgIpc) is 2.97. The van der Waals surface area contributed by atoms with E-state index in [0.717, 1.165) is 35.4 Å². The fourth-order valence-corrected chi connectivity index (χ4v) is 5.52. The van der Waals surface area contributed by atoms with E-state index in [1.807, 2.05) is 18.2 Å². The summed E-state index contributed by atoms with van der Waals surface area (Å²) in [5.74, 6) is -1.06. The molecule has 10 heteroatoms. The van der Waals surface area contributed by atoms with Gasteiger partial charge >= 0.3 is 12.4 Å². The van der Waals surface area contributed by atoms with Crippen molar-refractivity contribution in [3.8, 4) is 17.2 Å². The van der Waals surface area contributed by atoms with Crippen molar-refractivity contribution in [3.63, 3.8) is 0 Å². The molecule has 6 rings (SSSR count). The van der Waals surface area contributed by atoms with E-state index in [1.165, 1.54) is 18.2 Å². The van der Waals surface area contributed by atoms with Crippen LogP contribution >= 0.6 is 0 Å². The van der Waals surface area contributed by atoms with Crippen molar-refractivity contribution in [2.24, 2.45) is 0 Å². The predicted molar refractivity (Wildman–Crippen MR) is 157 cm³/mol. The van der Waals surface area contributed by atoms with Crippen molar-refractivity contribution in [1.82, 2.24) is 0 Å². The summed E-state index contributed by atoms with van der Waals surface area (Å²) in [6, 6.07) is 23.8. The highest BCUT2D eigenvalue weighted by atomic mass is 19.4. The van der Waals surface area contributed by atoms with E-state index < -0.39 is 40.6 Å². The molecule has 1 aliphatic rings. The number of benzene rings is 5. The summed E-state index contributed by atoms with van der Waals surface area (Å²) < 4.78 is 97.4. The Morgan fingerprint density at radius 3 is 1.93 bits per heavy atom. The first-order chi connectivity index (χ1) is 20.8. The predicted octanol–water partition coefficient (Wildman–Crippen LogP) is 9.38. The molecule has 0 fully saturated rings. The van der Waals surface area contributed by atoms with Crippen molar-refractivity contribution >= 4 is 28.2 Å². The smallest absolute Gasteiger partial charge is 0.420 e. The second-order valence-corrected chi connectivity index (χ2v) is 10.5. The molecule has 5 aromatic carbocycles. The number of ether oxygens (including phenoxy) is 2. The molecular formula is C34H24F6N2O2. The Morgan fingerprint density at radius 2 is 1.23 bits per heavy atom. The molecule has 0 aromatic heterocycles. The third kappa shape index (κ3) is 5.39. The number of hydrogen-bond donors (Lipinski definition) is 2.